The van der Waals surface area contributed by atoms with Crippen LogP contribution in [0.2, 0.25) is 0 Å². The van der Waals surface area contributed by atoms with E-state index in [9.17, 15) is 26.7 Å². The van der Waals surface area contributed by atoms with Crippen LogP contribution < -0.4 is 0 Å². The van der Waals surface area contributed by atoms with E-state index < -0.39 is 29.7 Å². The minimum absolute atomic E-state index is 0.298. The molecule has 0 aromatic heterocycles. The van der Waals surface area contributed by atoms with Crippen molar-refractivity contribution in [3.63, 3.8) is 0 Å². The van der Waals surface area contributed by atoms with Gasteiger partial charge in [0, 0.05) is 0 Å². The second-order valence-corrected chi connectivity index (χ2v) is 2.18. The second kappa shape index (κ2) is 3.71. The molecule has 0 bridgehead atoms. The molecule has 0 amide bonds. The van der Waals surface area contributed by atoms with Crippen molar-refractivity contribution in [2.24, 2.45) is 0 Å². The highest BCUT2D eigenvalue weighted by Gasteiger charge is 2.48. The van der Waals surface area contributed by atoms with Gasteiger partial charge in [0.25, 0.3) is 6.08 Å². The summed E-state index contributed by atoms with van der Waals surface area (Å²) in [5, 5.41) is 7.94. The van der Waals surface area contributed by atoms with Crippen LogP contribution in [0.5, 0.6) is 0 Å². The molecular formula is C6H5F5O2. The number of alkyl halides is 3. The molecule has 0 aliphatic rings. The Morgan fingerprint density at radius 2 is 1.77 bits per heavy atom. The van der Waals surface area contributed by atoms with Gasteiger partial charge in [-0.05, 0) is 6.92 Å². The van der Waals surface area contributed by atoms with E-state index in [2.05, 4.69) is 0 Å². The van der Waals surface area contributed by atoms with Gasteiger partial charge in [-0.15, -0.1) is 0 Å². The van der Waals surface area contributed by atoms with Crippen molar-refractivity contribution in [2.45, 2.75) is 19.0 Å². The highest BCUT2D eigenvalue weighted by atomic mass is 19.3. The summed E-state index contributed by atoms with van der Waals surface area (Å²) in [6.07, 6.45) is -6.08. The summed E-state index contributed by atoms with van der Waals surface area (Å²) in [7, 11) is 0. The van der Waals surface area contributed by atoms with Crippen LogP contribution in [0, 0.1) is 0 Å². The molecule has 0 heterocycles. The zero-order chi connectivity index (χ0) is 10.8. The predicted molar refractivity (Wildman–Crippen MR) is 32.4 cm³/mol. The molecule has 0 aliphatic carbocycles. The van der Waals surface area contributed by atoms with Crippen LogP contribution in [0.25, 0.3) is 0 Å². The molecule has 7 heteroatoms. The van der Waals surface area contributed by atoms with E-state index >= 15 is 0 Å². The molecule has 0 rings (SSSR count). The average molecular weight is 204 g/mol. The smallest absolute Gasteiger partial charge is 0.343 e. The molecule has 1 atom stereocenters. The van der Waals surface area contributed by atoms with Gasteiger partial charge in [-0.2, -0.15) is 17.6 Å². The van der Waals surface area contributed by atoms with Crippen LogP contribution in [0.1, 0.15) is 6.92 Å². The summed E-state index contributed by atoms with van der Waals surface area (Å²) < 4.78 is 60.2. The maximum atomic E-state index is 12.4. The normalized spacial score (nSPS) is 13.7. The third-order valence-electron chi connectivity index (χ3n) is 1.24. The number of rotatable bonds is 3. The van der Waals surface area contributed by atoms with E-state index in [0.717, 1.165) is 0 Å². The van der Waals surface area contributed by atoms with Gasteiger partial charge in [0.1, 0.15) is 0 Å². The summed E-state index contributed by atoms with van der Waals surface area (Å²) in [5.41, 5.74) is -2.50. The fourth-order valence-electron chi connectivity index (χ4n) is 0.548. The Morgan fingerprint density at radius 3 is 1.85 bits per heavy atom. The molecule has 0 saturated carbocycles. The maximum absolute atomic E-state index is 12.4. The van der Waals surface area contributed by atoms with Crippen LogP contribution in [-0.4, -0.2) is 23.2 Å². The van der Waals surface area contributed by atoms with Crippen LogP contribution in [0.4, 0.5) is 22.0 Å². The molecule has 0 spiro atoms. The summed E-state index contributed by atoms with van der Waals surface area (Å²) in [6, 6.07) is 0. The predicted octanol–water partition coefficient (Wildman–Crippen LogP) is 2.21. The number of hydrogen-bond donors (Lipinski definition) is 1. The number of carboxylic acid groups (broad SMARTS) is 1. The molecule has 0 saturated heterocycles. The Labute approximate surface area is 69.7 Å². The number of hydrogen-bond acceptors (Lipinski definition) is 1. The Bertz CT molecular complexity index is 241. The zero-order valence-electron chi connectivity index (χ0n) is 6.32. The monoisotopic (exact) mass is 204 g/mol. The average Bonchev–Trinajstić information content (AvgIpc) is 1.82. The maximum Gasteiger partial charge on any atom is 0.343 e. The lowest BCUT2D eigenvalue weighted by molar-refractivity contribution is -0.138. The summed E-state index contributed by atoms with van der Waals surface area (Å²) in [5.74, 6) is -7.21. The first kappa shape index (κ1) is 11.9. The molecule has 0 fully saturated rings. The number of aliphatic carboxylic acids is 1. The molecule has 2 nitrogen and oxygen atoms in total. The molecule has 0 radical (unpaired) electrons. The Balaban J connectivity index is 5.22. The lowest BCUT2D eigenvalue weighted by Crippen LogP contribution is -2.34. The van der Waals surface area contributed by atoms with Crippen LogP contribution in [0.3, 0.4) is 0 Å². The SMILES string of the molecule is CC(F)C(F)(F)C(C(=O)O)=C(F)F. The topological polar surface area (TPSA) is 37.3 Å². The number of carboxylic acids is 1. The second-order valence-electron chi connectivity index (χ2n) is 2.18. The van der Waals surface area contributed by atoms with Gasteiger partial charge in [0.15, 0.2) is 11.7 Å². The van der Waals surface area contributed by atoms with Crippen LogP contribution >= 0.6 is 0 Å². The van der Waals surface area contributed by atoms with Gasteiger partial charge in [-0.25, -0.2) is 9.18 Å². The highest BCUT2D eigenvalue weighted by molar-refractivity contribution is 5.88. The third-order valence-corrected chi connectivity index (χ3v) is 1.24. The first-order valence-corrected chi connectivity index (χ1v) is 3.02. The Kier molecular flexibility index (Phi) is 3.39. The third kappa shape index (κ3) is 2.40. The fraction of sp³-hybridized carbons (Fsp3) is 0.500. The lowest BCUT2D eigenvalue weighted by atomic mass is 10.1. The first-order chi connectivity index (χ1) is 5.71. The Hall–Kier alpha value is -1.14. The van der Waals surface area contributed by atoms with Gasteiger partial charge < -0.3 is 5.11 Å². The van der Waals surface area contributed by atoms with Gasteiger partial charge in [-0.1, -0.05) is 0 Å². The standard InChI is InChI=1S/C6H5F5O2/c1-2(7)6(10,11)3(4(8)9)5(12)13/h2H,1H3,(H,12,13). The molecule has 13 heavy (non-hydrogen) atoms. The van der Waals surface area contributed by atoms with E-state index in [-0.39, 0.29) is 0 Å². The van der Waals surface area contributed by atoms with Crippen LogP contribution in [-0.2, 0) is 4.79 Å². The van der Waals surface area contributed by atoms with E-state index in [1.165, 1.54) is 0 Å². The minimum Gasteiger partial charge on any atom is -0.478 e. The van der Waals surface area contributed by atoms with Gasteiger partial charge in [0.05, 0.1) is 0 Å². The van der Waals surface area contributed by atoms with Crippen molar-refractivity contribution in [2.75, 3.05) is 0 Å². The van der Waals surface area contributed by atoms with Crippen molar-refractivity contribution in [3.8, 4) is 0 Å². The van der Waals surface area contributed by atoms with Crippen molar-refractivity contribution < 1.29 is 31.9 Å². The van der Waals surface area contributed by atoms with Crippen molar-refractivity contribution in [1.29, 1.82) is 0 Å². The molecule has 0 aliphatic heterocycles. The van der Waals surface area contributed by atoms with Crippen molar-refractivity contribution in [3.05, 3.63) is 11.7 Å². The van der Waals surface area contributed by atoms with Crippen molar-refractivity contribution in [1.82, 2.24) is 0 Å². The van der Waals surface area contributed by atoms with Crippen LogP contribution in [0.15, 0.2) is 11.7 Å². The first-order valence-electron chi connectivity index (χ1n) is 3.02. The molecule has 0 aromatic rings. The fourth-order valence-corrected chi connectivity index (χ4v) is 0.548. The lowest BCUT2D eigenvalue weighted by Gasteiger charge is -2.16. The van der Waals surface area contributed by atoms with Gasteiger partial charge in [-0.3, -0.25) is 0 Å². The zero-order valence-corrected chi connectivity index (χ0v) is 6.32. The highest BCUT2D eigenvalue weighted by Crippen LogP contribution is 2.33. The van der Waals surface area contributed by atoms with E-state index in [1.54, 1.807) is 0 Å². The largest absolute Gasteiger partial charge is 0.478 e. The summed E-state index contributed by atoms with van der Waals surface area (Å²) in [4.78, 5) is 9.91. The number of carbonyl (C=O) groups is 1. The molecular weight excluding hydrogens is 199 g/mol. The molecule has 76 valence electrons. The van der Waals surface area contributed by atoms with Gasteiger partial charge in [0.2, 0.25) is 0 Å². The van der Waals surface area contributed by atoms with E-state index in [0.29, 0.717) is 6.92 Å². The van der Waals surface area contributed by atoms with E-state index in [4.69, 9.17) is 5.11 Å². The van der Waals surface area contributed by atoms with Crippen molar-refractivity contribution >= 4 is 5.97 Å². The number of halogens is 5. The van der Waals surface area contributed by atoms with Gasteiger partial charge >= 0.3 is 11.9 Å². The minimum atomic E-state index is -4.68. The Morgan fingerprint density at radius 1 is 1.38 bits per heavy atom. The molecule has 1 unspecified atom stereocenters. The molecule has 0 aromatic carbocycles. The summed E-state index contributed by atoms with van der Waals surface area (Å²) >= 11 is 0. The molecule has 1 N–H and O–H groups in total. The quantitative estimate of drug-likeness (QED) is 0.565. The summed E-state index contributed by atoms with van der Waals surface area (Å²) in [6.45, 7) is 0.298. The van der Waals surface area contributed by atoms with E-state index in [1.807, 2.05) is 0 Å².